The lowest BCUT2D eigenvalue weighted by Gasteiger charge is -2.08. The molecule has 0 spiro atoms. The zero-order valence-corrected chi connectivity index (χ0v) is 6.57. The number of aliphatic carboxylic acids is 2. The van der Waals surface area contributed by atoms with Crippen LogP contribution in [0, 0.1) is 11.8 Å². The van der Waals surface area contributed by atoms with Crippen LogP contribution in [0.15, 0.2) is 0 Å². The van der Waals surface area contributed by atoms with Crippen LogP contribution in [-0.2, 0) is 9.59 Å². The number of hydrogen-bond donors (Lipinski definition) is 2. The van der Waals surface area contributed by atoms with Gasteiger partial charge in [-0.25, -0.2) is 0 Å². The topological polar surface area (TPSA) is 74.6 Å². The van der Waals surface area contributed by atoms with Crippen molar-refractivity contribution in [2.24, 2.45) is 11.8 Å². The van der Waals surface area contributed by atoms with Gasteiger partial charge in [0.25, 0.3) is 0 Å². The summed E-state index contributed by atoms with van der Waals surface area (Å²) in [5, 5.41) is 16.8. The lowest BCUT2D eigenvalue weighted by Crippen LogP contribution is -2.18. The Labute approximate surface area is 64.8 Å². The fourth-order valence-corrected chi connectivity index (χ4v) is 0.732. The molecule has 0 aromatic rings. The zero-order valence-electron chi connectivity index (χ0n) is 6.57. The van der Waals surface area contributed by atoms with Crippen LogP contribution in [0.3, 0.4) is 0 Å². The van der Waals surface area contributed by atoms with Crippen molar-refractivity contribution in [3.63, 3.8) is 0 Å². The van der Waals surface area contributed by atoms with E-state index in [4.69, 9.17) is 10.2 Å². The van der Waals surface area contributed by atoms with Crippen LogP contribution in [0.25, 0.3) is 0 Å². The molecule has 64 valence electrons. The predicted octanol–water partition coefficient (Wildman–Crippen LogP) is 0.818. The summed E-state index contributed by atoms with van der Waals surface area (Å²) < 4.78 is 0. The summed E-state index contributed by atoms with van der Waals surface area (Å²) in [7, 11) is 0. The first-order valence-corrected chi connectivity index (χ1v) is 3.40. The van der Waals surface area contributed by atoms with Crippen molar-refractivity contribution in [3.05, 3.63) is 0 Å². The maximum atomic E-state index is 10.3. The summed E-state index contributed by atoms with van der Waals surface area (Å²) in [4.78, 5) is 20.5. The van der Waals surface area contributed by atoms with E-state index in [1.54, 1.807) is 0 Å². The normalized spacial score (nSPS) is 15.5. The molecule has 0 unspecified atom stereocenters. The molecule has 4 nitrogen and oxygen atoms in total. The van der Waals surface area contributed by atoms with Gasteiger partial charge in [-0.3, -0.25) is 9.59 Å². The summed E-state index contributed by atoms with van der Waals surface area (Å²) in [6.07, 6.45) is 0.185. The predicted molar refractivity (Wildman–Crippen MR) is 38.2 cm³/mol. The Kier molecular flexibility index (Phi) is 3.57. The first-order chi connectivity index (χ1) is 4.95. The van der Waals surface area contributed by atoms with E-state index >= 15 is 0 Å². The zero-order chi connectivity index (χ0) is 9.02. The van der Waals surface area contributed by atoms with Gasteiger partial charge in [0, 0.05) is 0 Å². The molecule has 0 fully saturated rings. The van der Waals surface area contributed by atoms with Crippen LogP contribution in [0.4, 0.5) is 0 Å². The number of carbonyl (C=O) groups is 2. The highest BCUT2D eigenvalue weighted by atomic mass is 16.4. The van der Waals surface area contributed by atoms with Gasteiger partial charge < -0.3 is 10.2 Å². The fourth-order valence-electron chi connectivity index (χ4n) is 0.732. The van der Waals surface area contributed by atoms with E-state index in [0.717, 1.165) is 0 Å². The molecule has 0 aromatic heterocycles. The van der Waals surface area contributed by atoms with Gasteiger partial charge in [-0.2, -0.15) is 0 Å². The van der Waals surface area contributed by atoms with Crippen molar-refractivity contribution in [3.8, 4) is 0 Å². The van der Waals surface area contributed by atoms with Gasteiger partial charge in [0.2, 0.25) is 0 Å². The third-order valence-electron chi connectivity index (χ3n) is 1.55. The molecule has 0 saturated heterocycles. The second kappa shape index (κ2) is 3.95. The largest absolute Gasteiger partial charge is 0.481 e. The quantitative estimate of drug-likeness (QED) is 0.638. The minimum absolute atomic E-state index is 0.185. The average molecular weight is 160 g/mol. The Morgan fingerprint density at radius 1 is 1.09 bits per heavy atom. The summed E-state index contributed by atoms with van der Waals surface area (Å²) in [5.74, 6) is -3.06. The van der Waals surface area contributed by atoms with Crippen molar-refractivity contribution < 1.29 is 19.8 Å². The molecule has 11 heavy (non-hydrogen) atoms. The molecule has 2 N–H and O–H groups in total. The lowest BCUT2D eigenvalue weighted by atomic mass is 9.98. The van der Waals surface area contributed by atoms with Crippen molar-refractivity contribution in [2.45, 2.75) is 20.3 Å². The molecule has 0 saturated carbocycles. The smallest absolute Gasteiger partial charge is 0.306 e. The van der Waals surface area contributed by atoms with E-state index in [1.807, 2.05) is 0 Å². The lowest BCUT2D eigenvalue weighted by molar-refractivity contribution is -0.144. The fraction of sp³-hybridized carbons (Fsp3) is 0.714. The van der Waals surface area contributed by atoms with Crippen molar-refractivity contribution in [1.29, 1.82) is 0 Å². The maximum Gasteiger partial charge on any atom is 0.306 e. The molecule has 4 heteroatoms. The molecular weight excluding hydrogens is 148 g/mol. The average Bonchev–Trinajstić information content (AvgIpc) is 1.87. The summed E-state index contributed by atoms with van der Waals surface area (Å²) >= 11 is 0. The molecule has 0 aliphatic rings. The highest BCUT2D eigenvalue weighted by Crippen LogP contribution is 2.11. The third-order valence-corrected chi connectivity index (χ3v) is 1.55. The molecule has 0 aliphatic carbocycles. The van der Waals surface area contributed by atoms with Crippen LogP contribution >= 0.6 is 0 Å². The Morgan fingerprint density at radius 2 is 1.36 bits per heavy atom. The standard InChI is InChI=1S/C7H12O4/c1-4(6(8)9)3-5(2)7(10)11/h4-5H,3H2,1-2H3,(H,8,9)(H,10,11)/t4-,5-/m0/s1. The molecule has 0 aromatic carbocycles. The van der Waals surface area contributed by atoms with Gasteiger partial charge in [0.05, 0.1) is 11.8 Å². The first-order valence-electron chi connectivity index (χ1n) is 3.40. The van der Waals surface area contributed by atoms with Gasteiger partial charge in [-0.15, -0.1) is 0 Å². The molecule has 0 heterocycles. The highest BCUT2D eigenvalue weighted by molar-refractivity contribution is 5.73. The maximum absolute atomic E-state index is 10.3. The molecule has 0 amide bonds. The van der Waals surface area contributed by atoms with Gasteiger partial charge in [-0.05, 0) is 6.42 Å². The minimum Gasteiger partial charge on any atom is -0.481 e. The summed E-state index contributed by atoms with van der Waals surface area (Å²) in [5.41, 5.74) is 0. The first kappa shape index (κ1) is 9.94. The molecule has 0 bridgehead atoms. The molecule has 0 aliphatic heterocycles. The molecule has 2 atom stereocenters. The minimum atomic E-state index is -0.946. The second-order valence-corrected chi connectivity index (χ2v) is 2.71. The van der Waals surface area contributed by atoms with Crippen LogP contribution < -0.4 is 0 Å². The SMILES string of the molecule is C[C@@H](C[C@H](C)C(=O)O)C(=O)O. The summed E-state index contributed by atoms with van der Waals surface area (Å²) in [6, 6.07) is 0. The van der Waals surface area contributed by atoms with Gasteiger partial charge in [-0.1, -0.05) is 13.8 Å². The van der Waals surface area contributed by atoms with E-state index in [2.05, 4.69) is 0 Å². The Balaban J connectivity index is 3.84. The van der Waals surface area contributed by atoms with E-state index in [9.17, 15) is 9.59 Å². The second-order valence-electron chi connectivity index (χ2n) is 2.71. The van der Waals surface area contributed by atoms with E-state index in [-0.39, 0.29) is 6.42 Å². The van der Waals surface area contributed by atoms with Gasteiger partial charge in [0.15, 0.2) is 0 Å². The Hall–Kier alpha value is -1.06. The molecule has 0 radical (unpaired) electrons. The van der Waals surface area contributed by atoms with Gasteiger partial charge >= 0.3 is 11.9 Å². The molecule has 0 rings (SSSR count). The summed E-state index contributed by atoms with van der Waals surface area (Å²) in [6.45, 7) is 3.00. The van der Waals surface area contributed by atoms with Crippen molar-refractivity contribution in [2.75, 3.05) is 0 Å². The van der Waals surface area contributed by atoms with Crippen LogP contribution in [0.1, 0.15) is 20.3 Å². The van der Waals surface area contributed by atoms with Crippen molar-refractivity contribution >= 4 is 11.9 Å². The number of carboxylic acid groups (broad SMARTS) is 2. The van der Waals surface area contributed by atoms with Crippen molar-refractivity contribution in [1.82, 2.24) is 0 Å². The van der Waals surface area contributed by atoms with Crippen LogP contribution in [0.2, 0.25) is 0 Å². The number of rotatable bonds is 4. The van der Waals surface area contributed by atoms with Crippen LogP contribution in [0.5, 0.6) is 0 Å². The Morgan fingerprint density at radius 3 is 1.55 bits per heavy atom. The van der Waals surface area contributed by atoms with E-state index in [1.165, 1.54) is 13.8 Å². The Bertz CT molecular complexity index is 146. The van der Waals surface area contributed by atoms with Crippen LogP contribution in [-0.4, -0.2) is 22.2 Å². The highest BCUT2D eigenvalue weighted by Gasteiger charge is 2.19. The monoisotopic (exact) mass is 160 g/mol. The number of carboxylic acids is 2. The van der Waals surface area contributed by atoms with E-state index in [0.29, 0.717) is 0 Å². The third kappa shape index (κ3) is 3.60. The molecular formula is C7H12O4. The van der Waals surface area contributed by atoms with Gasteiger partial charge in [0.1, 0.15) is 0 Å². The number of hydrogen-bond acceptors (Lipinski definition) is 2. The van der Waals surface area contributed by atoms with E-state index < -0.39 is 23.8 Å².